The number of para-hydroxylation sites is 1. The first-order chi connectivity index (χ1) is 20.8. The van der Waals surface area contributed by atoms with Crippen LogP contribution in [0.4, 0.5) is 20.2 Å². The van der Waals surface area contributed by atoms with E-state index in [1.54, 1.807) is 36.4 Å². The fourth-order valence-electron chi connectivity index (χ4n) is 5.08. The Balaban J connectivity index is 1.39. The van der Waals surface area contributed by atoms with E-state index < -0.39 is 47.7 Å². The maximum absolute atomic E-state index is 14.5. The number of halogens is 2. The Morgan fingerprint density at radius 2 is 1.63 bits per heavy atom. The average molecular weight is 584 g/mol. The molecule has 43 heavy (non-hydrogen) atoms. The molecule has 1 N–H and O–H groups in total. The standard InChI is InChI=1S/C32H23F2N3O6/c33-21-10-8-19(9-11-21)16-37(28(38)17-36-25-7-2-1-6-24(25)30(39)32(36)41)29(20-4-3-5-22(34)14-20)31(40)35-23-12-13-26-27(15-23)43-18-42-26/h1-15,29H,16-18H2,(H,35,40). The Morgan fingerprint density at radius 1 is 0.860 bits per heavy atom. The number of hydrogen-bond acceptors (Lipinski definition) is 6. The van der Waals surface area contributed by atoms with Crippen LogP contribution in [0.5, 0.6) is 11.5 Å². The van der Waals surface area contributed by atoms with Crippen molar-refractivity contribution in [3.8, 4) is 11.5 Å². The lowest BCUT2D eigenvalue weighted by Gasteiger charge is -2.33. The minimum Gasteiger partial charge on any atom is -0.454 e. The highest BCUT2D eigenvalue weighted by Gasteiger charge is 2.39. The molecule has 1 atom stereocenters. The smallest absolute Gasteiger partial charge is 0.299 e. The summed E-state index contributed by atoms with van der Waals surface area (Å²) in [5.41, 5.74) is 1.38. The van der Waals surface area contributed by atoms with Crippen LogP contribution >= 0.6 is 0 Å². The van der Waals surface area contributed by atoms with Crippen molar-refractivity contribution in [2.24, 2.45) is 0 Å². The molecule has 0 spiro atoms. The largest absolute Gasteiger partial charge is 0.454 e. The number of carbonyl (C=O) groups excluding carboxylic acids is 4. The highest BCUT2D eigenvalue weighted by atomic mass is 19.1. The molecular formula is C32H23F2N3O6. The third kappa shape index (κ3) is 5.52. The quantitative estimate of drug-likeness (QED) is 0.304. The number of rotatable bonds is 8. The Bertz CT molecular complexity index is 1760. The molecule has 0 saturated carbocycles. The molecule has 2 aliphatic heterocycles. The maximum Gasteiger partial charge on any atom is 0.299 e. The molecule has 1 unspecified atom stereocenters. The van der Waals surface area contributed by atoms with Crippen LogP contribution in [0.25, 0.3) is 0 Å². The van der Waals surface area contributed by atoms with Gasteiger partial charge in [0.1, 0.15) is 24.2 Å². The molecule has 6 rings (SSSR count). The van der Waals surface area contributed by atoms with Gasteiger partial charge in [-0.3, -0.25) is 24.1 Å². The van der Waals surface area contributed by atoms with Crippen LogP contribution in [-0.2, 0) is 20.9 Å². The zero-order valence-electron chi connectivity index (χ0n) is 22.5. The van der Waals surface area contributed by atoms with Crippen LogP contribution in [0, 0.1) is 11.6 Å². The van der Waals surface area contributed by atoms with Gasteiger partial charge in [-0.2, -0.15) is 0 Å². The minimum absolute atomic E-state index is 0.0272. The van der Waals surface area contributed by atoms with E-state index in [4.69, 9.17) is 9.47 Å². The Labute approximate surface area is 244 Å². The first-order valence-corrected chi connectivity index (χ1v) is 13.2. The second-order valence-electron chi connectivity index (χ2n) is 9.90. The molecule has 0 radical (unpaired) electrons. The van der Waals surface area contributed by atoms with E-state index in [0.717, 1.165) is 11.0 Å². The molecule has 9 nitrogen and oxygen atoms in total. The number of amides is 3. The fourth-order valence-corrected chi connectivity index (χ4v) is 5.08. The first-order valence-electron chi connectivity index (χ1n) is 13.2. The van der Waals surface area contributed by atoms with Crippen molar-refractivity contribution in [1.82, 2.24) is 4.90 Å². The van der Waals surface area contributed by atoms with Gasteiger partial charge in [0.15, 0.2) is 11.5 Å². The summed E-state index contributed by atoms with van der Waals surface area (Å²) in [5.74, 6) is -3.27. The zero-order valence-corrected chi connectivity index (χ0v) is 22.5. The summed E-state index contributed by atoms with van der Waals surface area (Å²) in [6.07, 6.45) is 0. The second kappa shape index (κ2) is 11.4. The number of nitrogens with zero attached hydrogens (tertiary/aromatic N) is 2. The highest BCUT2D eigenvalue weighted by Crippen LogP contribution is 2.35. The number of Topliss-reactive ketones (excluding diaryl/α,β-unsaturated/α-hetero) is 1. The van der Waals surface area contributed by atoms with E-state index in [9.17, 15) is 28.0 Å². The molecule has 216 valence electrons. The van der Waals surface area contributed by atoms with Crippen LogP contribution in [0.1, 0.15) is 27.5 Å². The van der Waals surface area contributed by atoms with E-state index in [1.165, 1.54) is 53.4 Å². The molecule has 0 saturated heterocycles. The molecule has 0 bridgehead atoms. The first kappa shape index (κ1) is 27.6. The lowest BCUT2D eigenvalue weighted by molar-refractivity contribution is -0.139. The van der Waals surface area contributed by atoms with Gasteiger partial charge in [-0.25, -0.2) is 8.78 Å². The van der Waals surface area contributed by atoms with Crippen molar-refractivity contribution in [1.29, 1.82) is 0 Å². The van der Waals surface area contributed by atoms with Crippen LogP contribution in [-0.4, -0.2) is 41.7 Å². The summed E-state index contributed by atoms with van der Waals surface area (Å²) in [6, 6.07) is 20.2. The van der Waals surface area contributed by atoms with E-state index >= 15 is 0 Å². The molecule has 0 aromatic heterocycles. The lowest BCUT2D eigenvalue weighted by atomic mass is 10.0. The summed E-state index contributed by atoms with van der Waals surface area (Å²) in [4.78, 5) is 55.7. The molecule has 4 aromatic carbocycles. The predicted octanol–water partition coefficient (Wildman–Crippen LogP) is 4.63. The number of carbonyl (C=O) groups is 4. The molecular weight excluding hydrogens is 560 g/mol. The van der Waals surface area contributed by atoms with Crippen LogP contribution in [0.3, 0.4) is 0 Å². The number of hydrogen-bond donors (Lipinski definition) is 1. The van der Waals surface area contributed by atoms with Gasteiger partial charge in [0.2, 0.25) is 12.7 Å². The van der Waals surface area contributed by atoms with Crippen LogP contribution in [0.2, 0.25) is 0 Å². The van der Waals surface area contributed by atoms with E-state index in [2.05, 4.69) is 5.32 Å². The predicted molar refractivity (Wildman–Crippen MR) is 150 cm³/mol. The molecule has 2 aliphatic rings. The van der Waals surface area contributed by atoms with Gasteiger partial charge in [-0.15, -0.1) is 0 Å². The van der Waals surface area contributed by atoms with Crippen molar-refractivity contribution in [2.45, 2.75) is 12.6 Å². The fraction of sp³-hybridized carbons (Fsp3) is 0.125. The number of anilines is 2. The number of nitrogens with one attached hydrogen (secondary N) is 1. The summed E-state index contributed by atoms with van der Waals surface area (Å²) < 4.78 is 38.9. The van der Waals surface area contributed by atoms with Gasteiger partial charge < -0.3 is 19.7 Å². The van der Waals surface area contributed by atoms with Crippen LogP contribution in [0.15, 0.2) is 91.0 Å². The Morgan fingerprint density at radius 3 is 2.42 bits per heavy atom. The maximum atomic E-state index is 14.5. The summed E-state index contributed by atoms with van der Waals surface area (Å²) in [5, 5.41) is 2.76. The molecule has 0 aliphatic carbocycles. The summed E-state index contributed by atoms with van der Waals surface area (Å²) in [7, 11) is 0. The minimum atomic E-state index is -1.40. The molecule has 2 heterocycles. The van der Waals surface area contributed by atoms with Crippen molar-refractivity contribution >= 4 is 34.9 Å². The summed E-state index contributed by atoms with van der Waals surface area (Å²) >= 11 is 0. The molecule has 3 amide bonds. The van der Waals surface area contributed by atoms with Gasteiger partial charge >= 0.3 is 0 Å². The lowest BCUT2D eigenvalue weighted by Crippen LogP contribution is -2.46. The van der Waals surface area contributed by atoms with Gasteiger partial charge in [0, 0.05) is 18.3 Å². The van der Waals surface area contributed by atoms with E-state index in [-0.39, 0.29) is 30.2 Å². The second-order valence-corrected chi connectivity index (χ2v) is 9.90. The molecule has 4 aromatic rings. The van der Waals surface area contributed by atoms with Crippen LogP contribution < -0.4 is 19.7 Å². The highest BCUT2D eigenvalue weighted by molar-refractivity contribution is 6.52. The average Bonchev–Trinajstić information content (AvgIpc) is 3.56. The van der Waals surface area contributed by atoms with E-state index in [0.29, 0.717) is 22.7 Å². The van der Waals surface area contributed by atoms with Crippen molar-refractivity contribution < 1.29 is 37.4 Å². The SMILES string of the molecule is O=C1C(=O)N(CC(=O)N(Cc2ccc(F)cc2)C(C(=O)Nc2ccc3c(c2)OCO3)c2cccc(F)c2)c2ccccc21. The van der Waals surface area contributed by atoms with Crippen molar-refractivity contribution in [3.63, 3.8) is 0 Å². The van der Waals surface area contributed by atoms with Crippen molar-refractivity contribution in [2.75, 3.05) is 23.6 Å². The number of ether oxygens (including phenoxy) is 2. The van der Waals surface area contributed by atoms with Gasteiger partial charge in [0.25, 0.3) is 17.6 Å². The normalized spacial score (nSPS) is 14.0. The third-order valence-electron chi connectivity index (χ3n) is 7.12. The number of fused-ring (bicyclic) bond motifs is 2. The third-order valence-corrected chi connectivity index (χ3v) is 7.12. The summed E-state index contributed by atoms with van der Waals surface area (Å²) in [6.45, 7) is -0.752. The monoisotopic (exact) mass is 583 g/mol. The number of ketones is 1. The Kier molecular flexibility index (Phi) is 7.29. The topological polar surface area (TPSA) is 105 Å². The Hall–Kier alpha value is -5.58. The molecule has 11 heteroatoms. The molecule has 0 fully saturated rings. The van der Waals surface area contributed by atoms with Crippen molar-refractivity contribution in [3.05, 3.63) is 119 Å². The van der Waals surface area contributed by atoms with Gasteiger partial charge in [0.05, 0.1) is 11.3 Å². The number of benzene rings is 4. The van der Waals surface area contributed by atoms with Gasteiger partial charge in [-0.1, -0.05) is 36.4 Å². The van der Waals surface area contributed by atoms with Gasteiger partial charge in [-0.05, 0) is 59.7 Å². The van der Waals surface area contributed by atoms with E-state index in [1.807, 2.05) is 0 Å². The zero-order chi connectivity index (χ0) is 30.1.